The van der Waals surface area contributed by atoms with Crippen molar-refractivity contribution in [3.8, 4) is 11.9 Å². The first-order chi connectivity index (χ1) is 13.1. The lowest BCUT2D eigenvalue weighted by molar-refractivity contribution is -0.120. The molecule has 2 aromatic rings. The fourth-order valence-electron chi connectivity index (χ4n) is 3.38. The third kappa shape index (κ3) is 3.46. The zero-order valence-electron chi connectivity index (χ0n) is 15.2. The monoisotopic (exact) mass is 403 g/mol. The Morgan fingerprint density at radius 2 is 2.21 bits per heavy atom. The Kier molecular flexibility index (Phi) is 5.68. The fraction of sp³-hybridized carbons (Fsp3) is 0.316. The van der Waals surface area contributed by atoms with Crippen LogP contribution in [0.2, 0.25) is 0 Å². The molecule has 0 saturated carbocycles. The molecule has 1 unspecified atom stereocenters. The summed E-state index contributed by atoms with van der Waals surface area (Å²) in [4.78, 5) is 20.7. The molecule has 1 atom stereocenters. The van der Waals surface area contributed by atoms with E-state index < -0.39 is 5.82 Å². The van der Waals surface area contributed by atoms with Gasteiger partial charge in [0.1, 0.15) is 18.5 Å². The summed E-state index contributed by atoms with van der Waals surface area (Å²) in [6.07, 6.45) is 0. The summed E-state index contributed by atoms with van der Waals surface area (Å²) in [6, 6.07) is 9.35. The molecule has 1 saturated heterocycles. The van der Waals surface area contributed by atoms with Crippen LogP contribution in [0.3, 0.4) is 0 Å². The zero-order chi connectivity index (χ0) is 19.0. The first-order valence-electron chi connectivity index (χ1n) is 8.66. The first-order valence-corrected chi connectivity index (χ1v) is 8.66. The van der Waals surface area contributed by atoms with Gasteiger partial charge in [-0.2, -0.15) is 10.2 Å². The molecule has 2 aliphatic heterocycles. The van der Waals surface area contributed by atoms with Crippen molar-refractivity contribution in [1.82, 2.24) is 10.3 Å². The van der Waals surface area contributed by atoms with Gasteiger partial charge >= 0.3 is 0 Å². The predicted octanol–water partition coefficient (Wildman–Crippen LogP) is 1.85. The van der Waals surface area contributed by atoms with Crippen LogP contribution in [-0.4, -0.2) is 43.6 Å². The Bertz CT molecular complexity index is 948. The number of ether oxygens (including phenoxy) is 1. The first kappa shape index (κ1) is 19.9. The molecule has 0 aliphatic carbocycles. The average Bonchev–Trinajstić information content (AvgIpc) is 2.71. The van der Waals surface area contributed by atoms with Crippen LogP contribution >= 0.6 is 12.4 Å². The van der Waals surface area contributed by atoms with Crippen LogP contribution in [0, 0.1) is 17.1 Å². The van der Waals surface area contributed by atoms with E-state index in [0.29, 0.717) is 30.4 Å². The number of hydrogen-bond acceptors (Lipinski definition) is 6. The second-order valence-corrected chi connectivity index (χ2v) is 6.51. The molecule has 146 valence electrons. The smallest absolute Gasteiger partial charge is 0.250 e. The zero-order valence-corrected chi connectivity index (χ0v) is 16.0. The van der Waals surface area contributed by atoms with E-state index >= 15 is 0 Å². The van der Waals surface area contributed by atoms with Crippen LogP contribution in [0.5, 0.6) is 5.88 Å². The number of halogens is 2. The lowest BCUT2D eigenvalue weighted by Gasteiger charge is -2.43. The van der Waals surface area contributed by atoms with E-state index in [1.165, 1.54) is 12.1 Å². The molecule has 2 aliphatic rings. The lowest BCUT2D eigenvalue weighted by atomic mass is 10.1. The number of pyridine rings is 1. The number of nitrogens with one attached hydrogen (secondary N) is 1. The van der Waals surface area contributed by atoms with Crippen molar-refractivity contribution in [2.75, 3.05) is 36.5 Å². The average molecular weight is 404 g/mol. The number of piperazine rings is 1. The maximum Gasteiger partial charge on any atom is 0.250 e. The number of likely N-dealkylation sites (N-methyl/N-ethyl adjacent to an activating group) is 1. The van der Waals surface area contributed by atoms with Gasteiger partial charge in [-0.1, -0.05) is 6.07 Å². The number of nitriles is 1. The molecule has 1 N–H and O–H groups in total. The van der Waals surface area contributed by atoms with Crippen LogP contribution in [0.15, 0.2) is 30.3 Å². The van der Waals surface area contributed by atoms with Crippen molar-refractivity contribution in [2.24, 2.45) is 0 Å². The Morgan fingerprint density at radius 1 is 1.39 bits per heavy atom. The van der Waals surface area contributed by atoms with Crippen molar-refractivity contribution in [1.29, 1.82) is 5.26 Å². The van der Waals surface area contributed by atoms with Crippen molar-refractivity contribution < 1.29 is 13.9 Å². The van der Waals surface area contributed by atoms with Crippen molar-refractivity contribution >= 4 is 29.8 Å². The summed E-state index contributed by atoms with van der Waals surface area (Å²) in [6.45, 7) is 2.03. The minimum Gasteiger partial charge on any atom is -0.473 e. The van der Waals surface area contributed by atoms with Gasteiger partial charge < -0.3 is 19.9 Å². The van der Waals surface area contributed by atoms with E-state index in [1.54, 1.807) is 30.1 Å². The highest BCUT2D eigenvalue weighted by atomic mass is 35.5. The van der Waals surface area contributed by atoms with Gasteiger partial charge in [-0.3, -0.25) is 4.79 Å². The van der Waals surface area contributed by atoms with Gasteiger partial charge in [0.25, 0.3) is 5.91 Å². The highest BCUT2D eigenvalue weighted by molar-refractivity contribution is 6.04. The van der Waals surface area contributed by atoms with Gasteiger partial charge in [0, 0.05) is 38.3 Å². The van der Waals surface area contributed by atoms with Crippen LogP contribution < -0.4 is 19.9 Å². The normalized spacial score (nSPS) is 17.9. The van der Waals surface area contributed by atoms with Crippen molar-refractivity contribution in [3.05, 3.63) is 47.3 Å². The second kappa shape index (κ2) is 8.00. The predicted molar refractivity (Wildman–Crippen MR) is 104 cm³/mol. The fourth-order valence-corrected chi connectivity index (χ4v) is 3.38. The van der Waals surface area contributed by atoms with E-state index in [4.69, 9.17) is 10.00 Å². The van der Waals surface area contributed by atoms with Crippen LogP contribution in [-0.2, 0) is 11.4 Å². The number of carbonyl (C=O) groups is 1. The Balaban J connectivity index is 0.00000225. The van der Waals surface area contributed by atoms with E-state index in [0.717, 1.165) is 12.2 Å². The number of rotatable bonds is 3. The molecule has 3 heterocycles. The molecule has 7 nitrogen and oxygen atoms in total. The van der Waals surface area contributed by atoms with Gasteiger partial charge in [-0.25, -0.2) is 4.39 Å². The third-order valence-corrected chi connectivity index (χ3v) is 4.88. The largest absolute Gasteiger partial charge is 0.473 e. The molecule has 1 fully saturated rings. The number of nitrogens with zero attached hydrogens (tertiary/aromatic N) is 4. The van der Waals surface area contributed by atoms with Gasteiger partial charge in [0.15, 0.2) is 5.82 Å². The van der Waals surface area contributed by atoms with Crippen LogP contribution in [0.25, 0.3) is 0 Å². The van der Waals surface area contributed by atoms with Crippen molar-refractivity contribution in [2.45, 2.75) is 12.6 Å². The quantitative estimate of drug-likeness (QED) is 0.842. The summed E-state index contributed by atoms with van der Waals surface area (Å²) in [5.74, 6) is 0.600. The topological polar surface area (TPSA) is 81.5 Å². The summed E-state index contributed by atoms with van der Waals surface area (Å²) in [5.41, 5.74) is 1.34. The SMILES string of the molecule is CN1C(=O)C2CNCCN2c2nc(OCc3ccc(C#N)cc3F)ccc21.Cl. The summed E-state index contributed by atoms with van der Waals surface area (Å²) in [5, 5.41) is 12.0. The Morgan fingerprint density at radius 3 is 2.96 bits per heavy atom. The van der Waals surface area contributed by atoms with Gasteiger partial charge in [-0.05, 0) is 18.2 Å². The van der Waals surface area contributed by atoms with Gasteiger partial charge in [0.05, 0.1) is 17.3 Å². The number of amides is 1. The number of carbonyl (C=O) groups excluding carboxylic acids is 1. The molecule has 4 rings (SSSR count). The highest BCUT2D eigenvalue weighted by Gasteiger charge is 2.39. The van der Waals surface area contributed by atoms with Crippen LogP contribution in [0.1, 0.15) is 11.1 Å². The molecule has 1 aromatic heterocycles. The van der Waals surface area contributed by atoms with E-state index in [-0.39, 0.29) is 36.5 Å². The third-order valence-electron chi connectivity index (χ3n) is 4.88. The minimum atomic E-state index is -0.487. The molecule has 1 amide bonds. The highest BCUT2D eigenvalue weighted by Crippen LogP contribution is 2.35. The maximum atomic E-state index is 14.0. The second-order valence-electron chi connectivity index (χ2n) is 6.51. The number of benzene rings is 1. The van der Waals surface area contributed by atoms with E-state index in [2.05, 4.69) is 10.3 Å². The number of aromatic nitrogens is 1. The molecular formula is C19H19ClFN5O2. The summed E-state index contributed by atoms with van der Waals surface area (Å²) >= 11 is 0. The van der Waals surface area contributed by atoms with E-state index in [1.807, 2.05) is 11.0 Å². The minimum absolute atomic E-state index is 0. The molecule has 28 heavy (non-hydrogen) atoms. The number of anilines is 2. The Hall–Kier alpha value is -2.89. The van der Waals surface area contributed by atoms with Gasteiger partial charge in [0.2, 0.25) is 5.88 Å². The maximum absolute atomic E-state index is 14.0. The van der Waals surface area contributed by atoms with Gasteiger partial charge in [-0.15, -0.1) is 12.4 Å². The van der Waals surface area contributed by atoms with Crippen molar-refractivity contribution in [3.63, 3.8) is 0 Å². The summed E-state index contributed by atoms with van der Waals surface area (Å²) < 4.78 is 19.7. The van der Waals surface area contributed by atoms with Crippen LogP contribution in [0.4, 0.5) is 15.9 Å². The summed E-state index contributed by atoms with van der Waals surface area (Å²) in [7, 11) is 1.74. The molecule has 0 bridgehead atoms. The lowest BCUT2D eigenvalue weighted by Crippen LogP contribution is -2.61. The standard InChI is InChI=1S/C19H18FN5O2.ClH/c1-24-15-4-5-17(27-11-13-3-2-12(9-21)8-14(13)20)23-18(15)25-7-6-22-10-16(25)19(24)26;/h2-5,8,16,22H,6-7,10-11H2,1H3;1H. The molecule has 0 spiro atoms. The molecule has 0 radical (unpaired) electrons. The molecule has 9 heteroatoms. The van der Waals surface area contributed by atoms with E-state index in [9.17, 15) is 9.18 Å². The Labute approximate surface area is 168 Å². The molecular weight excluding hydrogens is 385 g/mol. The number of fused-ring (bicyclic) bond motifs is 3. The molecule has 1 aromatic carbocycles. The number of hydrogen-bond donors (Lipinski definition) is 1.